The van der Waals surface area contributed by atoms with Crippen molar-refractivity contribution in [3.63, 3.8) is 0 Å². The molecule has 7 heteroatoms. The molecule has 0 aliphatic carbocycles. The van der Waals surface area contributed by atoms with Crippen LogP contribution in [0.5, 0.6) is 0 Å². The average Bonchev–Trinajstić information content (AvgIpc) is 2.63. The highest BCUT2D eigenvalue weighted by atomic mass is 32.2. The van der Waals surface area contributed by atoms with Crippen LogP contribution in [0, 0.1) is 0 Å². The number of ether oxygens (including phenoxy) is 3. The van der Waals surface area contributed by atoms with Crippen molar-refractivity contribution in [3.05, 3.63) is 23.9 Å². The summed E-state index contributed by atoms with van der Waals surface area (Å²) in [5, 5.41) is 0.0740. The topological polar surface area (TPSA) is 65.1 Å². The lowest BCUT2D eigenvalue weighted by molar-refractivity contribution is -0.148. The van der Waals surface area contributed by atoms with E-state index in [1.54, 1.807) is 19.9 Å². The summed E-state index contributed by atoms with van der Waals surface area (Å²) >= 11 is 1.48. The van der Waals surface area contributed by atoms with Crippen molar-refractivity contribution in [1.29, 1.82) is 0 Å². The minimum Gasteiger partial charge on any atom is -0.457 e. The van der Waals surface area contributed by atoms with E-state index in [2.05, 4.69) is 11.5 Å². The van der Waals surface area contributed by atoms with Gasteiger partial charge >= 0.3 is 12.1 Å². The number of rotatable bonds is 6. The van der Waals surface area contributed by atoms with E-state index < -0.39 is 11.8 Å². The van der Waals surface area contributed by atoms with Gasteiger partial charge in [0.15, 0.2) is 0 Å². The molecule has 30 heavy (non-hydrogen) atoms. The number of piperidine rings is 1. The number of allylic oxidation sites excluding steroid dienone is 1. The third-order valence-electron chi connectivity index (χ3n) is 3.48. The second-order valence-corrected chi connectivity index (χ2v) is 8.67. The van der Waals surface area contributed by atoms with E-state index in [4.69, 9.17) is 14.2 Å². The Balaban J connectivity index is 0. The molecule has 6 nitrogen and oxygen atoms in total. The molecule has 0 saturated carbocycles. The molecule has 1 rings (SSSR count). The molecule has 0 spiro atoms. The van der Waals surface area contributed by atoms with E-state index in [1.807, 2.05) is 55.4 Å². The Kier molecular flexibility index (Phi) is 16.4. The molecule has 0 N–H and O–H groups in total. The Morgan fingerprint density at radius 2 is 1.80 bits per heavy atom. The number of nitrogens with zero attached hydrogens (tertiary/aromatic N) is 1. The van der Waals surface area contributed by atoms with Crippen LogP contribution in [0.4, 0.5) is 4.79 Å². The van der Waals surface area contributed by atoms with Gasteiger partial charge in [0.1, 0.15) is 11.5 Å². The van der Waals surface area contributed by atoms with Crippen molar-refractivity contribution in [2.45, 2.75) is 92.6 Å². The van der Waals surface area contributed by atoms with Gasteiger partial charge in [-0.3, -0.25) is 0 Å². The second-order valence-electron chi connectivity index (χ2n) is 7.53. The fourth-order valence-electron chi connectivity index (χ4n) is 2.39. The maximum atomic E-state index is 12.2. The zero-order valence-corrected chi connectivity index (χ0v) is 21.5. The average molecular weight is 446 g/mol. The van der Waals surface area contributed by atoms with Gasteiger partial charge in [0.2, 0.25) is 0 Å². The lowest BCUT2D eigenvalue weighted by Crippen LogP contribution is -2.36. The zero-order valence-electron chi connectivity index (χ0n) is 20.7. The van der Waals surface area contributed by atoms with Gasteiger partial charge in [-0.25, -0.2) is 9.59 Å². The maximum absolute atomic E-state index is 12.2. The first-order valence-electron chi connectivity index (χ1n) is 10.8. The zero-order chi connectivity index (χ0) is 23.9. The van der Waals surface area contributed by atoms with Crippen LogP contribution in [0.3, 0.4) is 0 Å². The minimum atomic E-state index is -0.676. The van der Waals surface area contributed by atoms with Gasteiger partial charge in [0.05, 0.1) is 6.10 Å². The highest BCUT2D eigenvalue weighted by Gasteiger charge is 2.26. The normalized spacial score (nSPS) is 17.2. The molecule has 1 heterocycles. The molecule has 0 bridgehead atoms. The quantitative estimate of drug-likeness (QED) is 0.275. The highest BCUT2D eigenvalue weighted by Crippen LogP contribution is 2.30. The summed E-state index contributed by atoms with van der Waals surface area (Å²) in [7, 11) is 0. The standard InChI is InChI=1S/C19H31NO5S.2C2H6/c1-13(2)20-9-8-16(26-12-23-18(22)24-14(3)4)15(11-20)10-17(21)25-19(5,6)7;2*1-2/h10,14,16H,1,8-9,11-12H2,2-7H3;2*1-2H3/b15-10+;;. The summed E-state index contributed by atoms with van der Waals surface area (Å²) in [5.41, 5.74) is 1.36. The van der Waals surface area contributed by atoms with Crippen LogP contribution in [0.1, 0.15) is 75.7 Å². The Labute approximate surface area is 188 Å². The molecule has 1 atom stereocenters. The van der Waals surface area contributed by atoms with E-state index >= 15 is 0 Å². The predicted molar refractivity (Wildman–Crippen MR) is 127 cm³/mol. The van der Waals surface area contributed by atoms with Gasteiger partial charge in [-0.15, -0.1) is 11.8 Å². The van der Waals surface area contributed by atoms with Crippen molar-refractivity contribution in [2.24, 2.45) is 0 Å². The van der Waals surface area contributed by atoms with E-state index in [9.17, 15) is 9.59 Å². The first-order valence-corrected chi connectivity index (χ1v) is 11.8. The van der Waals surface area contributed by atoms with Crippen LogP contribution in [-0.2, 0) is 19.0 Å². The molecule has 1 aliphatic heterocycles. The highest BCUT2D eigenvalue weighted by molar-refractivity contribution is 7.99. The number of esters is 1. The third kappa shape index (κ3) is 14.4. The minimum absolute atomic E-state index is 0.0740. The summed E-state index contributed by atoms with van der Waals surface area (Å²) in [4.78, 5) is 25.8. The largest absolute Gasteiger partial charge is 0.509 e. The van der Waals surface area contributed by atoms with E-state index in [1.165, 1.54) is 11.8 Å². The molecular formula is C23H43NO5S. The molecule has 0 aromatic carbocycles. The molecule has 1 unspecified atom stereocenters. The van der Waals surface area contributed by atoms with Crippen LogP contribution in [-0.4, -0.2) is 53.0 Å². The number of hydrogen-bond donors (Lipinski definition) is 0. The summed E-state index contributed by atoms with van der Waals surface area (Å²) < 4.78 is 15.4. The first kappa shape index (κ1) is 30.6. The molecule has 0 aromatic rings. The number of carbonyl (C=O) groups excluding carboxylic acids is 2. The van der Waals surface area contributed by atoms with Crippen molar-refractivity contribution in [3.8, 4) is 0 Å². The number of thioether (sulfide) groups is 1. The van der Waals surface area contributed by atoms with E-state index in [0.29, 0.717) is 6.54 Å². The first-order chi connectivity index (χ1) is 14.0. The van der Waals surface area contributed by atoms with Gasteiger partial charge < -0.3 is 19.1 Å². The molecule has 1 saturated heterocycles. The molecule has 0 aromatic heterocycles. The van der Waals surface area contributed by atoms with Gasteiger partial charge in [0.25, 0.3) is 0 Å². The van der Waals surface area contributed by atoms with Gasteiger partial charge in [-0.1, -0.05) is 34.3 Å². The van der Waals surface area contributed by atoms with Gasteiger partial charge in [-0.05, 0) is 53.5 Å². The predicted octanol–water partition coefficient (Wildman–Crippen LogP) is 6.17. The lowest BCUT2D eigenvalue weighted by Gasteiger charge is -2.35. The van der Waals surface area contributed by atoms with Crippen molar-refractivity contribution >= 4 is 23.9 Å². The summed E-state index contributed by atoms with van der Waals surface area (Å²) in [6, 6.07) is 0. The fourth-order valence-corrected chi connectivity index (χ4v) is 3.35. The van der Waals surface area contributed by atoms with Crippen LogP contribution >= 0.6 is 11.8 Å². The van der Waals surface area contributed by atoms with E-state index in [0.717, 1.165) is 24.2 Å². The van der Waals surface area contributed by atoms with Gasteiger partial charge in [-0.2, -0.15) is 0 Å². The SMILES string of the molecule is C=C(C)N1CCC(SCOC(=O)OC(C)C)/C(=C/C(=O)OC(C)(C)C)C1.CC.CC. The molecule has 1 aliphatic rings. The fraction of sp³-hybridized carbons (Fsp3) is 0.739. The Morgan fingerprint density at radius 1 is 1.23 bits per heavy atom. The smallest absolute Gasteiger partial charge is 0.457 e. The van der Waals surface area contributed by atoms with Crippen LogP contribution in [0.2, 0.25) is 0 Å². The van der Waals surface area contributed by atoms with Crippen molar-refractivity contribution in [1.82, 2.24) is 4.90 Å². The Bertz CT molecular complexity index is 552. The maximum Gasteiger partial charge on any atom is 0.509 e. The molecule has 1 fully saturated rings. The Hall–Kier alpha value is -1.63. The summed E-state index contributed by atoms with van der Waals surface area (Å²) in [6.07, 6.45) is 1.50. The monoisotopic (exact) mass is 445 g/mol. The van der Waals surface area contributed by atoms with Crippen LogP contribution in [0.25, 0.3) is 0 Å². The van der Waals surface area contributed by atoms with E-state index in [-0.39, 0.29) is 23.3 Å². The molecule has 0 radical (unpaired) electrons. The third-order valence-corrected chi connectivity index (χ3v) is 4.67. The summed E-state index contributed by atoms with van der Waals surface area (Å²) in [6.45, 7) is 24.4. The van der Waals surface area contributed by atoms with Crippen LogP contribution in [0.15, 0.2) is 23.9 Å². The van der Waals surface area contributed by atoms with Crippen molar-refractivity contribution in [2.75, 3.05) is 19.0 Å². The Morgan fingerprint density at radius 3 is 2.27 bits per heavy atom. The van der Waals surface area contributed by atoms with Crippen LogP contribution < -0.4 is 0 Å². The number of carbonyl (C=O) groups is 2. The molecular weight excluding hydrogens is 402 g/mol. The summed E-state index contributed by atoms with van der Waals surface area (Å²) in [5.74, 6) is -0.184. The number of hydrogen-bond acceptors (Lipinski definition) is 7. The second kappa shape index (κ2) is 16.1. The molecule has 176 valence electrons. The lowest BCUT2D eigenvalue weighted by atomic mass is 10.0. The van der Waals surface area contributed by atoms with Crippen molar-refractivity contribution < 1.29 is 23.8 Å². The molecule has 0 amide bonds. The van der Waals surface area contributed by atoms with Gasteiger partial charge in [0, 0.05) is 30.1 Å². The number of likely N-dealkylation sites (tertiary alicyclic amines) is 1.